The number of hydrogen-bond acceptors (Lipinski definition) is 2. The van der Waals surface area contributed by atoms with Crippen molar-refractivity contribution in [2.24, 2.45) is 4.99 Å². The zero-order valence-electron chi connectivity index (χ0n) is 13.6. The van der Waals surface area contributed by atoms with Crippen LogP contribution in [0.25, 0.3) is 0 Å². The van der Waals surface area contributed by atoms with E-state index in [-0.39, 0.29) is 0 Å². The minimum absolute atomic E-state index is 0.438. The summed E-state index contributed by atoms with van der Waals surface area (Å²) >= 11 is 0. The number of hydrogen-bond donors (Lipinski definition) is 2. The summed E-state index contributed by atoms with van der Waals surface area (Å²) in [5.41, 5.74) is 2.63. The molecule has 2 N–H and O–H groups in total. The van der Waals surface area contributed by atoms with E-state index in [0.717, 1.165) is 25.6 Å². The van der Waals surface area contributed by atoms with Crippen molar-refractivity contribution in [1.82, 2.24) is 20.2 Å². The maximum absolute atomic E-state index is 4.26. The molecule has 0 amide bonds. The zero-order valence-corrected chi connectivity index (χ0v) is 13.6. The lowest BCUT2D eigenvalue weighted by Gasteiger charge is -2.16. The van der Waals surface area contributed by atoms with Crippen molar-refractivity contribution in [2.75, 3.05) is 20.1 Å². The first-order valence-corrected chi connectivity index (χ1v) is 7.66. The average Bonchev–Trinajstić information content (AvgIpc) is 3.04. The van der Waals surface area contributed by atoms with Crippen molar-refractivity contribution < 1.29 is 0 Å². The molecule has 2 aromatic rings. The van der Waals surface area contributed by atoms with Crippen LogP contribution in [0.1, 0.15) is 24.0 Å². The SMILES string of the molecule is CN=C(NCCn1ccnc1)NCC(C)c1ccc(C)cc1. The van der Waals surface area contributed by atoms with Gasteiger partial charge in [-0.05, 0) is 18.4 Å². The van der Waals surface area contributed by atoms with Gasteiger partial charge in [-0.15, -0.1) is 0 Å². The van der Waals surface area contributed by atoms with Gasteiger partial charge in [0.25, 0.3) is 0 Å². The zero-order chi connectivity index (χ0) is 15.8. The summed E-state index contributed by atoms with van der Waals surface area (Å²) in [4.78, 5) is 8.28. The Bertz CT molecular complexity index is 572. The van der Waals surface area contributed by atoms with Gasteiger partial charge in [0.15, 0.2) is 5.96 Å². The number of nitrogens with zero attached hydrogens (tertiary/aromatic N) is 3. The molecule has 1 aromatic carbocycles. The molecule has 5 nitrogen and oxygen atoms in total. The molecule has 0 spiro atoms. The molecule has 2 rings (SSSR count). The molecule has 0 saturated heterocycles. The van der Waals surface area contributed by atoms with E-state index in [2.05, 4.69) is 58.7 Å². The van der Waals surface area contributed by atoms with Gasteiger partial charge in [-0.25, -0.2) is 4.98 Å². The van der Waals surface area contributed by atoms with Crippen molar-refractivity contribution in [3.05, 3.63) is 54.1 Å². The Morgan fingerprint density at radius 1 is 1.27 bits per heavy atom. The number of benzene rings is 1. The third-order valence-electron chi connectivity index (χ3n) is 3.67. The number of imidazole rings is 1. The lowest BCUT2D eigenvalue weighted by Crippen LogP contribution is -2.40. The van der Waals surface area contributed by atoms with E-state index >= 15 is 0 Å². The summed E-state index contributed by atoms with van der Waals surface area (Å²) in [6.07, 6.45) is 5.56. The molecule has 0 aliphatic rings. The average molecular weight is 299 g/mol. The first-order valence-electron chi connectivity index (χ1n) is 7.66. The monoisotopic (exact) mass is 299 g/mol. The van der Waals surface area contributed by atoms with Crippen LogP contribution in [0, 0.1) is 6.92 Å². The highest BCUT2D eigenvalue weighted by Crippen LogP contribution is 2.14. The molecule has 1 unspecified atom stereocenters. The topological polar surface area (TPSA) is 54.2 Å². The van der Waals surface area contributed by atoms with Crippen LogP contribution in [0.4, 0.5) is 0 Å². The van der Waals surface area contributed by atoms with Gasteiger partial charge < -0.3 is 15.2 Å². The predicted molar refractivity (Wildman–Crippen MR) is 91.2 cm³/mol. The van der Waals surface area contributed by atoms with E-state index in [1.165, 1.54) is 11.1 Å². The van der Waals surface area contributed by atoms with Crippen LogP contribution in [0.5, 0.6) is 0 Å². The maximum atomic E-state index is 4.26. The fourth-order valence-electron chi connectivity index (χ4n) is 2.21. The van der Waals surface area contributed by atoms with Crippen molar-refractivity contribution >= 4 is 5.96 Å². The summed E-state index contributed by atoms with van der Waals surface area (Å²) in [6.45, 7) is 6.87. The highest BCUT2D eigenvalue weighted by molar-refractivity contribution is 5.79. The predicted octanol–water partition coefficient (Wildman–Crippen LogP) is 2.16. The maximum Gasteiger partial charge on any atom is 0.191 e. The van der Waals surface area contributed by atoms with Crippen molar-refractivity contribution in [3.63, 3.8) is 0 Å². The standard InChI is InChI=1S/C17H25N5/c1-14-4-6-16(7-5-14)15(2)12-21-17(18-3)20-9-11-22-10-8-19-13-22/h4-8,10,13,15H,9,11-12H2,1-3H3,(H2,18,20,21). The molecule has 118 valence electrons. The Labute approximate surface area is 132 Å². The van der Waals surface area contributed by atoms with Gasteiger partial charge in [-0.2, -0.15) is 0 Å². The Hall–Kier alpha value is -2.30. The van der Waals surface area contributed by atoms with Crippen LogP contribution >= 0.6 is 0 Å². The number of rotatable bonds is 6. The van der Waals surface area contributed by atoms with E-state index in [0.29, 0.717) is 5.92 Å². The third kappa shape index (κ3) is 4.91. The minimum Gasteiger partial charge on any atom is -0.356 e. The second-order valence-corrected chi connectivity index (χ2v) is 5.49. The molecule has 22 heavy (non-hydrogen) atoms. The normalized spacial score (nSPS) is 13.0. The summed E-state index contributed by atoms with van der Waals surface area (Å²) in [5.74, 6) is 1.27. The molecule has 0 aliphatic carbocycles. The summed E-state index contributed by atoms with van der Waals surface area (Å²) in [5, 5.41) is 6.69. The summed E-state index contributed by atoms with van der Waals surface area (Å²) in [7, 11) is 1.79. The first kappa shape index (κ1) is 16.1. The molecule has 0 saturated carbocycles. The number of guanidine groups is 1. The van der Waals surface area contributed by atoms with Crippen LogP contribution < -0.4 is 10.6 Å². The van der Waals surface area contributed by atoms with E-state index in [1.54, 1.807) is 13.2 Å². The summed E-state index contributed by atoms with van der Waals surface area (Å²) in [6, 6.07) is 8.70. The smallest absolute Gasteiger partial charge is 0.191 e. The number of nitrogens with one attached hydrogen (secondary N) is 2. The van der Waals surface area contributed by atoms with Gasteiger partial charge in [0.1, 0.15) is 0 Å². The van der Waals surface area contributed by atoms with E-state index in [1.807, 2.05) is 17.1 Å². The Balaban J connectivity index is 1.74. The first-order chi connectivity index (χ1) is 10.7. The van der Waals surface area contributed by atoms with Gasteiger partial charge >= 0.3 is 0 Å². The van der Waals surface area contributed by atoms with Crippen molar-refractivity contribution in [2.45, 2.75) is 26.3 Å². The molecule has 0 fully saturated rings. The fourth-order valence-corrected chi connectivity index (χ4v) is 2.21. The quantitative estimate of drug-likeness (QED) is 0.635. The van der Waals surface area contributed by atoms with Gasteiger partial charge in [-0.3, -0.25) is 4.99 Å². The Morgan fingerprint density at radius 2 is 2.05 bits per heavy atom. The minimum atomic E-state index is 0.438. The van der Waals surface area contributed by atoms with E-state index in [9.17, 15) is 0 Å². The van der Waals surface area contributed by atoms with Crippen molar-refractivity contribution in [3.8, 4) is 0 Å². The molecular weight excluding hydrogens is 274 g/mol. The molecule has 0 radical (unpaired) electrons. The van der Waals surface area contributed by atoms with Crippen LogP contribution in [-0.4, -0.2) is 35.6 Å². The van der Waals surface area contributed by atoms with Crippen LogP contribution in [0.15, 0.2) is 48.0 Å². The molecule has 0 aliphatic heterocycles. The highest BCUT2D eigenvalue weighted by atomic mass is 15.2. The van der Waals surface area contributed by atoms with E-state index in [4.69, 9.17) is 0 Å². The molecule has 5 heteroatoms. The lowest BCUT2D eigenvalue weighted by molar-refractivity contribution is 0.650. The van der Waals surface area contributed by atoms with E-state index < -0.39 is 0 Å². The molecule has 1 heterocycles. The van der Waals surface area contributed by atoms with Crippen molar-refractivity contribution in [1.29, 1.82) is 0 Å². The highest BCUT2D eigenvalue weighted by Gasteiger charge is 2.06. The Morgan fingerprint density at radius 3 is 2.68 bits per heavy atom. The summed E-state index contributed by atoms with van der Waals surface area (Å²) < 4.78 is 2.04. The number of aromatic nitrogens is 2. The number of aliphatic imine (C=N–C) groups is 1. The lowest BCUT2D eigenvalue weighted by atomic mass is 10.0. The van der Waals surface area contributed by atoms with Crippen LogP contribution in [0.2, 0.25) is 0 Å². The second kappa shape index (κ2) is 8.22. The number of aryl methyl sites for hydroxylation is 1. The van der Waals surface area contributed by atoms with Gasteiger partial charge in [0, 0.05) is 39.1 Å². The second-order valence-electron chi connectivity index (χ2n) is 5.49. The van der Waals surface area contributed by atoms with Gasteiger partial charge in [0.2, 0.25) is 0 Å². The molecule has 0 bridgehead atoms. The molecule has 1 aromatic heterocycles. The van der Waals surface area contributed by atoms with Crippen LogP contribution in [-0.2, 0) is 6.54 Å². The molecular formula is C17H25N5. The van der Waals surface area contributed by atoms with Crippen LogP contribution in [0.3, 0.4) is 0 Å². The molecule has 1 atom stereocenters. The fraction of sp³-hybridized carbons (Fsp3) is 0.412. The van der Waals surface area contributed by atoms with Gasteiger partial charge in [0.05, 0.1) is 6.33 Å². The largest absolute Gasteiger partial charge is 0.356 e. The van der Waals surface area contributed by atoms with Gasteiger partial charge in [-0.1, -0.05) is 36.8 Å². The Kier molecular flexibility index (Phi) is 6.01. The third-order valence-corrected chi connectivity index (χ3v) is 3.67.